The van der Waals surface area contributed by atoms with Crippen LogP contribution in [-0.4, -0.2) is 29.1 Å². The van der Waals surface area contributed by atoms with Crippen molar-refractivity contribution in [2.75, 3.05) is 18.6 Å². The molecule has 1 aliphatic rings. The highest BCUT2D eigenvalue weighted by Crippen LogP contribution is 2.39. The summed E-state index contributed by atoms with van der Waals surface area (Å²) in [6.45, 7) is 2.71. The molecule has 1 aliphatic heterocycles. The second kappa shape index (κ2) is 8.32. The lowest BCUT2D eigenvalue weighted by atomic mass is 10.0. The number of carbonyl (C=O) groups is 1. The topological polar surface area (TPSA) is 47.4 Å². The van der Waals surface area contributed by atoms with Gasteiger partial charge in [-0.2, -0.15) is 0 Å². The van der Waals surface area contributed by atoms with Gasteiger partial charge in [0.15, 0.2) is 0 Å². The van der Waals surface area contributed by atoms with Gasteiger partial charge in [0.05, 0.1) is 29.9 Å². The first kappa shape index (κ1) is 20.6. The number of hydrogen-bond donors (Lipinski definition) is 0. The molecular formula is C26H24ClN3O2. The van der Waals surface area contributed by atoms with Crippen molar-refractivity contribution in [3.8, 4) is 5.75 Å². The Labute approximate surface area is 192 Å². The molecule has 0 saturated carbocycles. The summed E-state index contributed by atoms with van der Waals surface area (Å²) in [6, 6.07) is 24.0. The van der Waals surface area contributed by atoms with Gasteiger partial charge in [0.1, 0.15) is 11.6 Å². The summed E-state index contributed by atoms with van der Waals surface area (Å²) in [7, 11) is 1.60. The molecule has 4 aromatic rings. The first-order valence-corrected chi connectivity index (χ1v) is 11.1. The van der Waals surface area contributed by atoms with E-state index in [1.54, 1.807) is 30.2 Å². The molecule has 1 aromatic heterocycles. The third-order valence-corrected chi connectivity index (χ3v) is 6.45. The molecule has 1 saturated heterocycles. The summed E-state index contributed by atoms with van der Waals surface area (Å²) < 4.78 is 7.78. The van der Waals surface area contributed by atoms with Crippen molar-refractivity contribution in [1.29, 1.82) is 0 Å². The second-order valence-electron chi connectivity index (χ2n) is 8.14. The lowest BCUT2D eigenvalue weighted by Crippen LogP contribution is -2.25. The van der Waals surface area contributed by atoms with Gasteiger partial charge in [0.2, 0.25) is 5.91 Å². The van der Waals surface area contributed by atoms with Crippen molar-refractivity contribution in [3.05, 3.63) is 89.2 Å². The molecule has 2 heterocycles. The Morgan fingerprint density at radius 1 is 1.06 bits per heavy atom. The standard InChI is InChI=1S/C26H24ClN3O2/c1-17(18-8-4-3-5-9-18)30-22-11-7-6-10-21(22)28-26(30)19-14-25(31)29(16-19)23-15-20(27)12-13-24(23)32-2/h3-13,15,17,19H,14,16H2,1-2H3/t17-,19-/m0/s1. The summed E-state index contributed by atoms with van der Waals surface area (Å²) in [6.07, 6.45) is 0.389. The van der Waals surface area contributed by atoms with Crippen LogP contribution >= 0.6 is 11.6 Å². The van der Waals surface area contributed by atoms with E-state index in [2.05, 4.69) is 41.8 Å². The van der Waals surface area contributed by atoms with E-state index in [-0.39, 0.29) is 17.9 Å². The van der Waals surface area contributed by atoms with Crippen molar-refractivity contribution < 1.29 is 9.53 Å². The zero-order valence-electron chi connectivity index (χ0n) is 18.0. The number of rotatable bonds is 5. The van der Waals surface area contributed by atoms with Crippen molar-refractivity contribution in [3.63, 3.8) is 0 Å². The molecule has 1 fully saturated rings. The van der Waals surface area contributed by atoms with Crippen LogP contribution in [0.5, 0.6) is 5.75 Å². The van der Waals surface area contributed by atoms with Crippen LogP contribution in [0.15, 0.2) is 72.8 Å². The Balaban J connectivity index is 1.57. The normalized spacial score (nSPS) is 17.2. The molecule has 5 rings (SSSR count). The summed E-state index contributed by atoms with van der Waals surface area (Å²) >= 11 is 6.23. The average Bonchev–Trinajstić information content (AvgIpc) is 3.39. The van der Waals surface area contributed by atoms with Crippen LogP contribution in [0.1, 0.15) is 36.7 Å². The van der Waals surface area contributed by atoms with Crippen LogP contribution in [0.4, 0.5) is 5.69 Å². The summed E-state index contributed by atoms with van der Waals surface area (Å²) in [5.74, 6) is 1.57. The number of imidazole rings is 1. The number of amides is 1. The van der Waals surface area contributed by atoms with Gasteiger partial charge in [-0.3, -0.25) is 4.79 Å². The van der Waals surface area contributed by atoms with Gasteiger partial charge in [-0.25, -0.2) is 4.98 Å². The maximum absolute atomic E-state index is 13.1. The fourth-order valence-corrected chi connectivity index (χ4v) is 4.79. The summed E-state index contributed by atoms with van der Waals surface area (Å²) in [5.41, 5.74) is 3.92. The lowest BCUT2D eigenvalue weighted by molar-refractivity contribution is -0.117. The molecule has 32 heavy (non-hydrogen) atoms. The van der Waals surface area contributed by atoms with E-state index in [1.165, 1.54) is 5.56 Å². The minimum absolute atomic E-state index is 0.0373. The fraction of sp³-hybridized carbons (Fsp3) is 0.231. The van der Waals surface area contributed by atoms with E-state index in [0.717, 1.165) is 16.9 Å². The molecule has 2 atom stereocenters. The van der Waals surface area contributed by atoms with Gasteiger partial charge in [0.25, 0.3) is 0 Å². The van der Waals surface area contributed by atoms with Gasteiger partial charge < -0.3 is 14.2 Å². The number of anilines is 1. The number of aromatic nitrogens is 2. The van der Waals surface area contributed by atoms with E-state index in [9.17, 15) is 4.79 Å². The van der Waals surface area contributed by atoms with Gasteiger partial charge >= 0.3 is 0 Å². The van der Waals surface area contributed by atoms with Crippen LogP contribution in [0.25, 0.3) is 11.0 Å². The van der Waals surface area contributed by atoms with Crippen LogP contribution < -0.4 is 9.64 Å². The Morgan fingerprint density at radius 3 is 2.59 bits per heavy atom. The Bertz CT molecular complexity index is 1280. The molecule has 0 unspecified atom stereocenters. The lowest BCUT2D eigenvalue weighted by Gasteiger charge is -2.22. The number of nitrogens with zero attached hydrogens (tertiary/aromatic N) is 3. The van der Waals surface area contributed by atoms with E-state index >= 15 is 0 Å². The highest BCUT2D eigenvalue weighted by molar-refractivity contribution is 6.31. The maximum Gasteiger partial charge on any atom is 0.227 e. The van der Waals surface area contributed by atoms with Gasteiger partial charge in [-0.15, -0.1) is 0 Å². The van der Waals surface area contributed by atoms with E-state index < -0.39 is 0 Å². The smallest absolute Gasteiger partial charge is 0.227 e. The van der Waals surface area contributed by atoms with Crippen molar-refractivity contribution in [2.24, 2.45) is 0 Å². The maximum atomic E-state index is 13.1. The zero-order chi connectivity index (χ0) is 22.2. The first-order valence-electron chi connectivity index (χ1n) is 10.7. The molecule has 0 radical (unpaired) electrons. The monoisotopic (exact) mass is 445 g/mol. The van der Waals surface area contributed by atoms with E-state index in [0.29, 0.717) is 29.4 Å². The van der Waals surface area contributed by atoms with Crippen molar-refractivity contribution >= 4 is 34.2 Å². The van der Waals surface area contributed by atoms with Gasteiger partial charge in [-0.1, -0.05) is 54.1 Å². The van der Waals surface area contributed by atoms with Crippen LogP contribution in [0.3, 0.4) is 0 Å². The Hall–Kier alpha value is -3.31. The van der Waals surface area contributed by atoms with Gasteiger partial charge in [-0.05, 0) is 42.8 Å². The van der Waals surface area contributed by atoms with Gasteiger partial charge in [0, 0.05) is 23.9 Å². The zero-order valence-corrected chi connectivity index (χ0v) is 18.8. The van der Waals surface area contributed by atoms with E-state index in [4.69, 9.17) is 21.3 Å². The number of fused-ring (bicyclic) bond motifs is 1. The number of benzene rings is 3. The molecule has 0 bridgehead atoms. The van der Waals surface area contributed by atoms with Crippen LogP contribution in [0.2, 0.25) is 5.02 Å². The Kier molecular flexibility index (Phi) is 5.35. The predicted molar refractivity (Wildman–Crippen MR) is 128 cm³/mol. The second-order valence-corrected chi connectivity index (χ2v) is 8.57. The Morgan fingerprint density at radius 2 is 1.81 bits per heavy atom. The molecule has 1 amide bonds. The number of ether oxygens (including phenoxy) is 1. The SMILES string of the molecule is COc1ccc(Cl)cc1N1C[C@@H](c2nc3ccccc3n2[C@@H](C)c2ccccc2)CC1=O. The molecule has 0 spiro atoms. The third-order valence-electron chi connectivity index (χ3n) is 6.21. The summed E-state index contributed by atoms with van der Waals surface area (Å²) in [5, 5.41) is 0.571. The minimum Gasteiger partial charge on any atom is -0.495 e. The molecular weight excluding hydrogens is 422 g/mol. The number of para-hydroxylation sites is 2. The van der Waals surface area contributed by atoms with Crippen molar-refractivity contribution in [2.45, 2.75) is 25.3 Å². The highest BCUT2D eigenvalue weighted by Gasteiger charge is 2.36. The molecule has 6 heteroatoms. The largest absolute Gasteiger partial charge is 0.495 e. The van der Waals surface area contributed by atoms with Crippen LogP contribution in [0, 0.1) is 0 Å². The average molecular weight is 446 g/mol. The first-order chi connectivity index (χ1) is 15.6. The number of carbonyl (C=O) groups excluding carboxylic acids is 1. The minimum atomic E-state index is -0.0373. The summed E-state index contributed by atoms with van der Waals surface area (Å²) in [4.78, 5) is 19.9. The van der Waals surface area contributed by atoms with E-state index in [1.807, 2.05) is 24.3 Å². The van der Waals surface area contributed by atoms with Crippen molar-refractivity contribution in [1.82, 2.24) is 9.55 Å². The third kappa shape index (κ3) is 3.53. The quantitative estimate of drug-likeness (QED) is 0.388. The number of methoxy groups -OCH3 is 1. The molecule has 3 aromatic carbocycles. The number of halogens is 1. The number of hydrogen-bond acceptors (Lipinski definition) is 3. The molecule has 0 N–H and O–H groups in total. The molecule has 162 valence electrons. The molecule has 0 aliphatic carbocycles. The van der Waals surface area contributed by atoms with Crippen LogP contribution in [-0.2, 0) is 4.79 Å². The molecule has 5 nitrogen and oxygen atoms in total. The fourth-order valence-electron chi connectivity index (χ4n) is 4.63. The predicted octanol–water partition coefficient (Wildman–Crippen LogP) is 5.83. The highest BCUT2D eigenvalue weighted by atomic mass is 35.5.